The standard InChI is InChI=1S/C15H26.HI/c1-12(2,3)14-7-9-15(11-14,10-8-14)13(4,5)6;/h7,9H,8,10-11H2,1-6H3;1H. The lowest BCUT2D eigenvalue weighted by atomic mass is 9.64. The fourth-order valence-electron chi connectivity index (χ4n) is 3.57. The van der Waals surface area contributed by atoms with Crippen LogP contribution < -0.4 is 0 Å². The first kappa shape index (κ1) is 14.5. The van der Waals surface area contributed by atoms with E-state index < -0.39 is 0 Å². The van der Waals surface area contributed by atoms with Crippen molar-refractivity contribution >= 4 is 24.0 Å². The van der Waals surface area contributed by atoms with Crippen molar-refractivity contribution in [3.63, 3.8) is 0 Å². The summed E-state index contributed by atoms with van der Waals surface area (Å²) in [5.74, 6) is 0. The molecule has 0 aliphatic heterocycles. The van der Waals surface area contributed by atoms with Crippen molar-refractivity contribution in [2.45, 2.75) is 60.8 Å². The summed E-state index contributed by atoms with van der Waals surface area (Å²) in [5, 5.41) is 0. The molecule has 2 aliphatic carbocycles. The van der Waals surface area contributed by atoms with E-state index in [-0.39, 0.29) is 24.0 Å². The zero-order chi connectivity index (χ0) is 11.5. The molecule has 1 fully saturated rings. The van der Waals surface area contributed by atoms with Crippen molar-refractivity contribution in [3.8, 4) is 0 Å². The monoisotopic (exact) mass is 334 g/mol. The second-order valence-electron chi connectivity index (χ2n) is 7.82. The van der Waals surface area contributed by atoms with Crippen LogP contribution in [0.25, 0.3) is 0 Å². The molecule has 0 N–H and O–H groups in total. The summed E-state index contributed by atoms with van der Waals surface area (Å²) in [5.41, 5.74) is 1.82. The summed E-state index contributed by atoms with van der Waals surface area (Å²) in [4.78, 5) is 0. The molecular weight excluding hydrogens is 307 g/mol. The van der Waals surface area contributed by atoms with E-state index in [1.807, 2.05) is 0 Å². The molecular formula is C15H27I. The Bertz CT molecular complexity index is 272. The normalized spacial score (nSPS) is 37.6. The maximum atomic E-state index is 2.54. The van der Waals surface area contributed by atoms with Gasteiger partial charge in [0.25, 0.3) is 0 Å². The number of hydrogen-bond acceptors (Lipinski definition) is 0. The maximum absolute atomic E-state index is 2.54. The van der Waals surface area contributed by atoms with E-state index >= 15 is 0 Å². The van der Waals surface area contributed by atoms with Crippen LogP contribution in [0.2, 0.25) is 0 Å². The van der Waals surface area contributed by atoms with Gasteiger partial charge in [-0.25, -0.2) is 0 Å². The predicted molar refractivity (Wildman–Crippen MR) is 82.2 cm³/mol. The molecule has 94 valence electrons. The van der Waals surface area contributed by atoms with Gasteiger partial charge in [0, 0.05) is 0 Å². The van der Waals surface area contributed by atoms with Crippen LogP contribution in [0.4, 0.5) is 0 Å². The van der Waals surface area contributed by atoms with Crippen LogP contribution >= 0.6 is 24.0 Å². The fourth-order valence-corrected chi connectivity index (χ4v) is 3.57. The Morgan fingerprint density at radius 3 is 1.19 bits per heavy atom. The van der Waals surface area contributed by atoms with Crippen LogP contribution in [-0.4, -0.2) is 0 Å². The molecule has 2 unspecified atom stereocenters. The van der Waals surface area contributed by atoms with Gasteiger partial charge in [-0.15, -0.1) is 24.0 Å². The zero-order valence-corrected chi connectivity index (χ0v) is 14.0. The van der Waals surface area contributed by atoms with Crippen LogP contribution in [0, 0.1) is 21.7 Å². The molecule has 0 spiro atoms. The van der Waals surface area contributed by atoms with Crippen molar-refractivity contribution < 1.29 is 0 Å². The van der Waals surface area contributed by atoms with Gasteiger partial charge in [0.2, 0.25) is 0 Å². The summed E-state index contributed by atoms with van der Waals surface area (Å²) < 4.78 is 0. The average molecular weight is 334 g/mol. The third-order valence-electron chi connectivity index (χ3n) is 5.36. The summed E-state index contributed by atoms with van der Waals surface area (Å²) >= 11 is 0. The van der Waals surface area contributed by atoms with Gasteiger partial charge in [-0.05, 0) is 40.9 Å². The second kappa shape index (κ2) is 3.73. The van der Waals surface area contributed by atoms with Crippen LogP contribution in [0.1, 0.15) is 60.8 Å². The third kappa shape index (κ3) is 1.77. The van der Waals surface area contributed by atoms with Gasteiger partial charge in [0.15, 0.2) is 0 Å². The number of rotatable bonds is 0. The van der Waals surface area contributed by atoms with Gasteiger partial charge in [-0.1, -0.05) is 53.7 Å². The van der Waals surface area contributed by atoms with Crippen LogP contribution in [0.5, 0.6) is 0 Å². The summed E-state index contributed by atoms with van der Waals surface area (Å²) in [7, 11) is 0. The molecule has 2 atom stereocenters. The van der Waals surface area contributed by atoms with Crippen LogP contribution in [-0.2, 0) is 0 Å². The number of allylic oxidation sites excluding steroid dienone is 2. The van der Waals surface area contributed by atoms with Crippen molar-refractivity contribution in [2.75, 3.05) is 0 Å². The zero-order valence-electron chi connectivity index (χ0n) is 11.7. The Labute approximate surface area is 118 Å². The van der Waals surface area contributed by atoms with Crippen molar-refractivity contribution in [1.29, 1.82) is 0 Å². The molecule has 16 heavy (non-hydrogen) atoms. The first-order valence-electron chi connectivity index (χ1n) is 6.32. The Morgan fingerprint density at radius 1 is 0.750 bits per heavy atom. The second-order valence-corrected chi connectivity index (χ2v) is 7.82. The molecule has 0 radical (unpaired) electrons. The van der Waals surface area contributed by atoms with Gasteiger partial charge >= 0.3 is 0 Å². The largest absolute Gasteiger partial charge is 0.107 e. The van der Waals surface area contributed by atoms with E-state index in [4.69, 9.17) is 0 Å². The van der Waals surface area contributed by atoms with Crippen LogP contribution in [0.3, 0.4) is 0 Å². The van der Waals surface area contributed by atoms with E-state index in [2.05, 4.69) is 53.7 Å². The smallest absolute Gasteiger partial charge is 0.00608 e. The lowest BCUT2D eigenvalue weighted by molar-refractivity contribution is 0.116. The molecule has 1 heteroatoms. The summed E-state index contributed by atoms with van der Waals surface area (Å²) in [6.45, 7) is 14.4. The minimum Gasteiger partial charge on any atom is -0.107 e. The van der Waals surface area contributed by atoms with E-state index in [0.29, 0.717) is 21.7 Å². The van der Waals surface area contributed by atoms with Gasteiger partial charge in [-0.2, -0.15) is 0 Å². The summed E-state index contributed by atoms with van der Waals surface area (Å²) in [6, 6.07) is 0. The molecule has 2 rings (SSSR count). The van der Waals surface area contributed by atoms with Crippen molar-refractivity contribution in [2.24, 2.45) is 21.7 Å². The lowest BCUT2D eigenvalue weighted by Gasteiger charge is -2.40. The minimum absolute atomic E-state index is 0. The Balaban J connectivity index is 0.00000128. The highest BCUT2D eigenvalue weighted by molar-refractivity contribution is 14.0. The summed E-state index contributed by atoms with van der Waals surface area (Å²) in [6.07, 6.45) is 9.25. The molecule has 0 heterocycles. The molecule has 0 nitrogen and oxygen atoms in total. The predicted octanol–water partition coefficient (Wildman–Crippen LogP) is 5.42. The highest BCUT2D eigenvalue weighted by Crippen LogP contribution is 2.68. The van der Waals surface area contributed by atoms with Gasteiger partial charge in [-0.3, -0.25) is 0 Å². The number of fused-ring (bicyclic) bond motifs is 2. The number of halogens is 1. The van der Waals surface area contributed by atoms with Gasteiger partial charge < -0.3 is 0 Å². The highest BCUT2D eigenvalue weighted by atomic mass is 127. The molecule has 1 saturated carbocycles. The SMILES string of the molecule is CC(C)(C)C12C=CC(C(C)(C)C)(CC1)C2.I. The molecule has 0 amide bonds. The Hall–Kier alpha value is 0.470. The first-order chi connectivity index (χ1) is 6.62. The highest BCUT2D eigenvalue weighted by Gasteiger charge is 2.58. The molecule has 2 bridgehead atoms. The molecule has 0 aromatic rings. The van der Waals surface area contributed by atoms with Gasteiger partial charge in [0.1, 0.15) is 0 Å². The molecule has 0 saturated heterocycles. The quantitative estimate of drug-likeness (QED) is 0.410. The number of hydrogen-bond donors (Lipinski definition) is 0. The minimum atomic E-state index is 0. The Kier molecular flexibility index (Phi) is 3.39. The first-order valence-corrected chi connectivity index (χ1v) is 6.32. The molecule has 2 aliphatic rings. The third-order valence-corrected chi connectivity index (χ3v) is 5.36. The fraction of sp³-hybridized carbons (Fsp3) is 0.867. The van der Waals surface area contributed by atoms with E-state index in [1.54, 1.807) is 0 Å². The van der Waals surface area contributed by atoms with E-state index in [1.165, 1.54) is 19.3 Å². The topological polar surface area (TPSA) is 0 Å². The van der Waals surface area contributed by atoms with Crippen LogP contribution in [0.15, 0.2) is 12.2 Å². The Morgan fingerprint density at radius 2 is 1.06 bits per heavy atom. The maximum Gasteiger partial charge on any atom is -0.00608 e. The lowest BCUT2D eigenvalue weighted by Crippen LogP contribution is -2.32. The van der Waals surface area contributed by atoms with E-state index in [0.717, 1.165) is 0 Å². The van der Waals surface area contributed by atoms with E-state index in [9.17, 15) is 0 Å². The average Bonchev–Trinajstić information content (AvgIpc) is 2.57. The molecule has 0 aromatic carbocycles. The van der Waals surface area contributed by atoms with Crippen molar-refractivity contribution in [1.82, 2.24) is 0 Å². The van der Waals surface area contributed by atoms with Crippen molar-refractivity contribution in [3.05, 3.63) is 12.2 Å². The molecule has 0 aromatic heterocycles. The van der Waals surface area contributed by atoms with Gasteiger partial charge in [0.05, 0.1) is 0 Å².